The molecule has 0 radical (unpaired) electrons. The molecule has 1 aromatic rings. The summed E-state index contributed by atoms with van der Waals surface area (Å²) in [5.74, 6) is -16.4. The van der Waals surface area contributed by atoms with Gasteiger partial charge in [0.1, 0.15) is 11.3 Å². The Kier molecular flexibility index (Phi) is 10.2. The van der Waals surface area contributed by atoms with E-state index >= 15 is 0 Å². The molecule has 8 nitrogen and oxygen atoms in total. The monoisotopic (exact) mass is 608 g/mol. The first-order valence-electron chi connectivity index (χ1n) is 10.1. The molecule has 1 rings (SSSR count). The van der Waals surface area contributed by atoms with Gasteiger partial charge in [0.05, 0.1) is 6.61 Å². The van der Waals surface area contributed by atoms with Crippen molar-refractivity contribution in [3.05, 3.63) is 42.0 Å². The molecule has 1 unspecified atom stereocenters. The molecule has 222 valence electrons. The molecule has 0 saturated heterocycles. The molecule has 0 saturated carbocycles. The molecule has 0 aliphatic heterocycles. The summed E-state index contributed by atoms with van der Waals surface area (Å²) in [4.78, 5) is 24.3. The number of aryl methyl sites for hydroxylation is 1. The lowest BCUT2D eigenvalue weighted by molar-refractivity contribution is -0.352. The highest BCUT2D eigenvalue weighted by Gasteiger charge is 2.69. The van der Waals surface area contributed by atoms with Crippen molar-refractivity contribution in [1.82, 2.24) is 0 Å². The minimum Gasteiger partial charge on any atom is -0.421 e. The zero-order chi connectivity index (χ0) is 30.7. The van der Waals surface area contributed by atoms with Crippen LogP contribution >= 0.6 is 0 Å². The molecule has 0 amide bonds. The van der Waals surface area contributed by atoms with Crippen molar-refractivity contribution < 1.29 is 80.7 Å². The molecule has 1 aromatic carbocycles. The molecule has 1 N–H and O–H groups in total. The van der Waals surface area contributed by atoms with E-state index in [2.05, 4.69) is 20.8 Å². The third-order valence-electron chi connectivity index (χ3n) is 4.64. The van der Waals surface area contributed by atoms with Gasteiger partial charge in [-0.15, -0.1) is 0 Å². The Morgan fingerprint density at radius 1 is 0.923 bits per heavy atom. The molecule has 0 aliphatic carbocycles. The molecule has 0 bridgehead atoms. The maximum Gasteiger partial charge on any atom is 0.468 e. The van der Waals surface area contributed by atoms with Crippen LogP contribution in [0.25, 0.3) is 0 Å². The van der Waals surface area contributed by atoms with Gasteiger partial charge in [-0.25, -0.2) is 9.59 Å². The van der Waals surface area contributed by atoms with E-state index in [-0.39, 0.29) is 0 Å². The summed E-state index contributed by atoms with van der Waals surface area (Å²) >= 11 is 0. The number of benzene rings is 1. The Morgan fingerprint density at radius 2 is 1.44 bits per heavy atom. The molecule has 1 atom stereocenters. The maximum absolute atomic E-state index is 14.0. The van der Waals surface area contributed by atoms with Gasteiger partial charge in [-0.1, -0.05) is 24.3 Å². The molecule has 0 aliphatic rings. The van der Waals surface area contributed by atoms with Crippen LogP contribution in [0.1, 0.15) is 24.8 Å². The lowest BCUT2D eigenvalue weighted by Gasteiger charge is -2.32. The summed E-state index contributed by atoms with van der Waals surface area (Å²) < 4.78 is 175. The smallest absolute Gasteiger partial charge is 0.421 e. The van der Waals surface area contributed by atoms with Crippen molar-refractivity contribution in [2.24, 2.45) is 0 Å². The SMILES string of the molecule is C=C(C(=O)OC(OCCCCC(F)(F)C(F)(F)S(=O)(=O)O)(C(=O)Oc1ccc(C)cc1)C(F)(F)F)C(F)(F)F. The van der Waals surface area contributed by atoms with Gasteiger partial charge in [0, 0.05) is 6.42 Å². The average Bonchev–Trinajstić information content (AvgIpc) is 2.76. The van der Waals surface area contributed by atoms with Gasteiger partial charge in [-0.05, 0) is 31.9 Å². The highest BCUT2D eigenvalue weighted by molar-refractivity contribution is 7.87. The quantitative estimate of drug-likeness (QED) is 0.0661. The van der Waals surface area contributed by atoms with Gasteiger partial charge in [0.25, 0.3) is 0 Å². The second-order valence-electron chi connectivity index (χ2n) is 7.68. The third-order valence-corrected chi connectivity index (χ3v) is 5.59. The van der Waals surface area contributed by atoms with Crippen LogP contribution in [0.2, 0.25) is 0 Å². The van der Waals surface area contributed by atoms with Gasteiger partial charge in [-0.2, -0.15) is 52.3 Å². The first-order valence-corrected chi connectivity index (χ1v) is 11.5. The fourth-order valence-electron chi connectivity index (χ4n) is 2.47. The molecule has 19 heteroatoms. The molecule has 39 heavy (non-hydrogen) atoms. The first-order chi connectivity index (χ1) is 17.4. The number of carbonyl (C=O) groups excluding carboxylic acids is 2. The zero-order valence-corrected chi connectivity index (χ0v) is 20.2. The lowest BCUT2D eigenvalue weighted by atomic mass is 10.1. The summed E-state index contributed by atoms with van der Waals surface area (Å²) in [6.45, 7) is 2.19. The zero-order valence-electron chi connectivity index (χ0n) is 19.3. The van der Waals surface area contributed by atoms with Gasteiger partial charge < -0.3 is 14.2 Å². The highest BCUT2D eigenvalue weighted by Crippen LogP contribution is 2.42. The van der Waals surface area contributed by atoms with E-state index in [1.54, 1.807) is 0 Å². The number of halogens is 10. The second kappa shape index (κ2) is 11.7. The van der Waals surface area contributed by atoms with E-state index in [4.69, 9.17) is 4.55 Å². The van der Waals surface area contributed by atoms with E-state index in [0.29, 0.717) is 5.56 Å². The number of unbranched alkanes of at least 4 members (excludes halogenated alkanes) is 1. The Labute approximate surface area is 213 Å². The summed E-state index contributed by atoms with van der Waals surface area (Å²) in [5.41, 5.74) is -1.98. The summed E-state index contributed by atoms with van der Waals surface area (Å²) in [7, 11) is -6.61. The number of alkyl halides is 10. The fraction of sp³-hybridized carbons (Fsp3) is 0.500. The van der Waals surface area contributed by atoms with Crippen LogP contribution in [0.4, 0.5) is 43.9 Å². The van der Waals surface area contributed by atoms with Crippen LogP contribution in [-0.2, 0) is 29.2 Å². The van der Waals surface area contributed by atoms with Crippen molar-refractivity contribution in [3.8, 4) is 5.75 Å². The molecular formula is C20H18F10O8S. The van der Waals surface area contributed by atoms with Crippen molar-refractivity contribution in [3.63, 3.8) is 0 Å². The summed E-state index contributed by atoms with van der Waals surface area (Å²) in [6, 6.07) is 4.36. The standard InChI is InChI=1S/C20H18F10O8S/c1-11-5-7-13(8-6-11)37-15(32)17(19(26,27)28,38-14(31)12(2)18(23,24)25)36-10-4-3-9-16(21,22)20(29,30)39(33,34)35/h5-8H,2-4,9-10H2,1H3,(H,33,34,35). The largest absolute Gasteiger partial charge is 0.468 e. The molecule has 0 aromatic heterocycles. The molecule has 0 spiro atoms. The Balaban J connectivity index is 3.25. The van der Waals surface area contributed by atoms with Crippen LogP contribution in [-0.4, -0.2) is 60.8 Å². The minimum atomic E-state index is -6.61. The summed E-state index contributed by atoms with van der Waals surface area (Å²) in [6.07, 6.45) is -16.2. The molecule has 0 fully saturated rings. The Bertz CT molecular complexity index is 1160. The maximum atomic E-state index is 14.0. The Morgan fingerprint density at radius 3 is 1.87 bits per heavy atom. The number of rotatable bonds is 12. The van der Waals surface area contributed by atoms with Crippen molar-refractivity contribution >= 4 is 22.1 Å². The first kappa shape index (κ1) is 34.1. The number of esters is 2. The van der Waals surface area contributed by atoms with Crippen LogP contribution in [0.5, 0.6) is 5.75 Å². The van der Waals surface area contributed by atoms with E-state index in [1.807, 2.05) is 0 Å². The van der Waals surface area contributed by atoms with Crippen LogP contribution in [0, 0.1) is 6.92 Å². The molecule has 0 heterocycles. The number of hydrogen-bond donors (Lipinski definition) is 1. The number of carbonyl (C=O) groups is 2. The number of ether oxygens (including phenoxy) is 3. The van der Waals surface area contributed by atoms with Gasteiger partial charge >= 0.3 is 51.4 Å². The predicted octanol–water partition coefficient (Wildman–Crippen LogP) is 5.12. The van der Waals surface area contributed by atoms with E-state index in [0.717, 1.165) is 12.1 Å². The van der Waals surface area contributed by atoms with Crippen molar-refractivity contribution in [2.45, 2.75) is 55.5 Å². The highest BCUT2D eigenvalue weighted by atomic mass is 32.2. The second-order valence-corrected chi connectivity index (χ2v) is 9.15. The van der Waals surface area contributed by atoms with Crippen molar-refractivity contribution in [2.75, 3.05) is 6.61 Å². The van der Waals surface area contributed by atoms with Crippen LogP contribution in [0.15, 0.2) is 36.4 Å². The van der Waals surface area contributed by atoms with Crippen molar-refractivity contribution in [1.29, 1.82) is 0 Å². The lowest BCUT2D eigenvalue weighted by Crippen LogP contribution is -2.59. The van der Waals surface area contributed by atoms with Gasteiger partial charge in [-0.3, -0.25) is 4.55 Å². The van der Waals surface area contributed by atoms with E-state index in [9.17, 15) is 61.9 Å². The normalized spacial score (nSPS) is 14.9. The topological polar surface area (TPSA) is 116 Å². The predicted molar refractivity (Wildman–Crippen MR) is 108 cm³/mol. The summed E-state index contributed by atoms with van der Waals surface area (Å²) in [5, 5.41) is -5.98. The number of hydrogen-bond acceptors (Lipinski definition) is 7. The Hall–Kier alpha value is -2.93. The van der Waals surface area contributed by atoms with Crippen LogP contribution < -0.4 is 4.74 Å². The minimum absolute atomic E-state index is 0.525. The fourth-order valence-corrected chi connectivity index (χ4v) is 2.95. The molecular weight excluding hydrogens is 590 g/mol. The third kappa shape index (κ3) is 8.04. The van der Waals surface area contributed by atoms with Crippen LogP contribution in [0.3, 0.4) is 0 Å². The van der Waals surface area contributed by atoms with E-state index < -0.39 is 88.6 Å². The van der Waals surface area contributed by atoms with Gasteiger partial charge in [0.15, 0.2) is 0 Å². The average molecular weight is 608 g/mol. The van der Waals surface area contributed by atoms with E-state index in [1.165, 1.54) is 19.1 Å². The van der Waals surface area contributed by atoms with Gasteiger partial charge in [0.2, 0.25) is 0 Å².